The summed E-state index contributed by atoms with van der Waals surface area (Å²) < 4.78 is 5.74. The maximum atomic E-state index is 12.9. The Bertz CT molecular complexity index is 885. The highest BCUT2D eigenvalue weighted by Crippen LogP contribution is 2.29. The summed E-state index contributed by atoms with van der Waals surface area (Å²) in [4.78, 5) is 26.8. The number of carbonyl (C=O) groups excluding carboxylic acids is 2. The van der Waals surface area contributed by atoms with Gasteiger partial charge in [0, 0.05) is 18.0 Å². The van der Waals surface area contributed by atoms with Gasteiger partial charge in [-0.25, -0.2) is 0 Å². The molecule has 2 aromatic rings. The lowest BCUT2D eigenvalue weighted by molar-refractivity contribution is -0.124. The molecule has 0 bridgehead atoms. The van der Waals surface area contributed by atoms with Gasteiger partial charge in [0.2, 0.25) is 5.91 Å². The first-order valence-corrected chi connectivity index (χ1v) is 9.70. The normalized spacial score (nSPS) is 17.2. The number of amides is 2. The summed E-state index contributed by atoms with van der Waals surface area (Å²) in [6.07, 6.45) is 5.01. The molecular weight excluding hydrogens is 358 g/mol. The largest absolute Gasteiger partial charge is 0.461 e. The number of carbonyl (C=O) groups is 2. The molecule has 7 nitrogen and oxygen atoms in total. The second kappa shape index (κ2) is 7.93. The van der Waals surface area contributed by atoms with Crippen LogP contribution in [-0.2, 0) is 11.3 Å². The summed E-state index contributed by atoms with van der Waals surface area (Å²) in [5, 5.41) is 12.7. The standard InChI is InChI=1S/C21H29N3O4/c1-13-18(19(26)23-21(2,12-25)20(22)27)16-10-14(8-9-17(16)28-13)11-24(3)15-6-4-5-7-15/h8-10,15,25H,4-7,11-12H2,1-3H3,(H2,22,27)(H,23,26)/t21-/m0/s1. The topological polar surface area (TPSA) is 109 Å². The number of hydrogen-bond donors (Lipinski definition) is 3. The fourth-order valence-electron chi connectivity index (χ4n) is 3.90. The molecule has 1 fully saturated rings. The van der Waals surface area contributed by atoms with Crippen molar-refractivity contribution in [2.75, 3.05) is 13.7 Å². The maximum Gasteiger partial charge on any atom is 0.256 e. The molecule has 1 aliphatic carbocycles. The predicted molar refractivity (Wildman–Crippen MR) is 107 cm³/mol. The average Bonchev–Trinajstić information content (AvgIpc) is 3.28. The first kappa shape index (κ1) is 20.4. The highest BCUT2D eigenvalue weighted by atomic mass is 16.3. The van der Waals surface area contributed by atoms with Crippen LogP contribution in [-0.4, -0.2) is 47.1 Å². The molecule has 1 heterocycles. The van der Waals surface area contributed by atoms with Gasteiger partial charge in [0.15, 0.2) is 0 Å². The zero-order valence-electron chi connectivity index (χ0n) is 16.7. The van der Waals surface area contributed by atoms with Crippen molar-refractivity contribution in [3.8, 4) is 0 Å². The summed E-state index contributed by atoms with van der Waals surface area (Å²) in [7, 11) is 2.13. The zero-order valence-corrected chi connectivity index (χ0v) is 16.7. The summed E-state index contributed by atoms with van der Waals surface area (Å²) in [5.74, 6) is -0.834. The molecule has 152 valence electrons. The monoisotopic (exact) mass is 387 g/mol. The fraction of sp³-hybridized carbons (Fsp3) is 0.524. The van der Waals surface area contributed by atoms with E-state index in [9.17, 15) is 14.7 Å². The van der Waals surface area contributed by atoms with E-state index in [0.29, 0.717) is 28.3 Å². The Morgan fingerprint density at radius 3 is 2.64 bits per heavy atom. The molecule has 1 aromatic heterocycles. The molecule has 1 aliphatic rings. The SMILES string of the molecule is Cc1oc2ccc(CN(C)C3CCCC3)cc2c1C(=O)N[C@@](C)(CO)C(N)=O. The van der Waals surface area contributed by atoms with Crippen LogP contribution >= 0.6 is 0 Å². The number of nitrogens with zero attached hydrogens (tertiary/aromatic N) is 1. The molecule has 0 radical (unpaired) electrons. The highest BCUT2D eigenvalue weighted by Gasteiger charge is 2.34. The Hall–Kier alpha value is -2.38. The van der Waals surface area contributed by atoms with Crippen molar-refractivity contribution < 1.29 is 19.1 Å². The number of nitrogens with two attached hydrogens (primary N) is 1. The Kier molecular flexibility index (Phi) is 5.76. The lowest BCUT2D eigenvalue weighted by Crippen LogP contribution is -2.57. The van der Waals surface area contributed by atoms with E-state index in [2.05, 4.69) is 17.3 Å². The smallest absolute Gasteiger partial charge is 0.256 e. The van der Waals surface area contributed by atoms with E-state index in [-0.39, 0.29) is 0 Å². The molecule has 1 saturated carbocycles. The van der Waals surface area contributed by atoms with Crippen molar-refractivity contribution in [2.45, 2.75) is 57.7 Å². The van der Waals surface area contributed by atoms with E-state index in [1.807, 2.05) is 18.2 Å². The maximum absolute atomic E-state index is 12.9. The van der Waals surface area contributed by atoms with Crippen LogP contribution in [0.1, 0.15) is 54.3 Å². The zero-order chi connectivity index (χ0) is 20.5. The third-order valence-electron chi connectivity index (χ3n) is 5.78. The predicted octanol–water partition coefficient (Wildman–Crippen LogP) is 2.08. The molecule has 1 atom stereocenters. The lowest BCUT2D eigenvalue weighted by atomic mass is 10.0. The van der Waals surface area contributed by atoms with E-state index in [1.165, 1.54) is 32.6 Å². The summed E-state index contributed by atoms with van der Waals surface area (Å²) in [6.45, 7) is 3.31. The Labute approximate surface area is 164 Å². The summed E-state index contributed by atoms with van der Waals surface area (Å²) >= 11 is 0. The van der Waals surface area contributed by atoms with E-state index >= 15 is 0 Å². The first-order chi connectivity index (χ1) is 13.2. The van der Waals surface area contributed by atoms with Gasteiger partial charge < -0.3 is 20.6 Å². The van der Waals surface area contributed by atoms with Crippen molar-refractivity contribution in [3.63, 3.8) is 0 Å². The van der Waals surface area contributed by atoms with Crippen LogP contribution in [0.4, 0.5) is 0 Å². The second-order valence-electron chi connectivity index (χ2n) is 8.03. The van der Waals surface area contributed by atoms with Crippen molar-refractivity contribution in [1.82, 2.24) is 10.2 Å². The molecule has 28 heavy (non-hydrogen) atoms. The molecule has 4 N–H and O–H groups in total. The van der Waals surface area contributed by atoms with Gasteiger partial charge in [-0.1, -0.05) is 18.9 Å². The van der Waals surface area contributed by atoms with Crippen LogP contribution < -0.4 is 11.1 Å². The van der Waals surface area contributed by atoms with Crippen LogP contribution in [0.2, 0.25) is 0 Å². The summed E-state index contributed by atoms with van der Waals surface area (Å²) in [5.41, 5.74) is 5.86. The minimum Gasteiger partial charge on any atom is -0.461 e. The molecule has 0 unspecified atom stereocenters. The summed E-state index contributed by atoms with van der Waals surface area (Å²) in [6, 6.07) is 6.45. The average molecular weight is 387 g/mol. The molecule has 2 amide bonds. The first-order valence-electron chi connectivity index (χ1n) is 9.70. The van der Waals surface area contributed by atoms with E-state index in [0.717, 1.165) is 12.1 Å². The number of hydrogen-bond acceptors (Lipinski definition) is 5. The highest BCUT2D eigenvalue weighted by molar-refractivity contribution is 6.09. The number of primary amides is 1. The van der Waals surface area contributed by atoms with Gasteiger partial charge in [0.25, 0.3) is 5.91 Å². The molecule has 1 aromatic carbocycles. The van der Waals surface area contributed by atoms with Gasteiger partial charge in [-0.05, 0) is 51.4 Å². The molecule has 0 saturated heterocycles. The van der Waals surface area contributed by atoms with Crippen LogP contribution in [0.15, 0.2) is 22.6 Å². The number of nitrogens with one attached hydrogen (secondary N) is 1. The Morgan fingerprint density at radius 1 is 1.36 bits per heavy atom. The molecule has 7 heteroatoms. The number of furan rings is 1. The number of aliphatic hydroxyl groups excluding tert-OH is 1. The minimum absolute atomic E-state index is 0.362. The Balaban J connectivity index is 1.88. The van der Waals surface area contributed by atoms with Gasteiger partial charge in [0.05, 0.1) is 12.2 Å². The van der Waals surface area contributed by atoms with Gasteiger partial charge >= 0.3 is 0 Å². The van der Waals surface area contributed by atoms with Crippen molar-refractivity contribution >= 4 is 22.8 Å². The number of rotatable bonds is 7. The van der Waals surface area contributed by atoms with Crippen LogP contribution in [0.3, 0.4) is 0 Å². The molecular formula is C21H29N3O4. The van der Waals surface area contributed by atoms with Gasteiger partial charge in [-0.15, -0.1) is 0 Å². The lowest BCUT2D eigenvalue weighted by Gasteiger charge is -2.25. The van der Waals surface area contributed by atoms with Crippen LogP contribution in [0.25, 0.3) is 11.0 Å². The van der Waals surface area contributed by atoms with Gasteiger partial charge in [0.1, 0.15) is 16.9 Å². The number of fused-ring (bicyclic) bond motifs is 1. The second-order valence-corrected chi connectivity index (χ2v) is 8.03. The number of aryl methyl sites for hydroxylation is 1. The van der Waals surface area contributed by atoms with Gasteiger partial charge in [-0.2, -0.15) is 0 Å². The fourth-order valence-corrected chi connectivity index (χ4v) is 3.90. The van der Waals surface area contributed by atoms with Crippen molar-refractivity contribution in [3.05, 3.63) is 35.1 Å². The van der Waals surface area contributed by atoms with E-state index in [4.69, 9.17) is 10.2 Å². The van der Waals surface area contributed by atoms with Crippen LogP contribution in [0, 0.1) is 6.92 Å². The number of aliphatic hydroxyl groups is 1. The van der Waals surface area contributed by atoms with E-state index in [1.54, 1.807) is 6.92 Å². The van der Waals surface area contributed by atoms with Crippen LogP contribution in [0.5, 0.6) is 0 Å². The Morgan fingerprint density at radius 2 is 2.04 bits per heavy atom. The third-order valence-corrected chi connectivity index (χ3v) is 5.78. The third kappa shape index (κ3) is 3.91. The minimum atomic E-state index is -1.53. The molecule has 0 spiro atoms. The van der Waals surface area contributed by atoms with E-state index < -0.39 is 24.0 Å². The number of benzene rings is 1. The van der Waals surface area contributed by atoms with Gasteiger partial charge in [-0.3, -0.25) is 14.5 Å². The quantitative estimate of drug-likeness (QED) is 0.674. The van der Waals surface area contributed by atoms with Crippen molar-refractivity contribution in [1.29, 1.82) is 0 Å². The van der Waals surface area contributed by atoms with Crippen molar-refractivity contribution in [2.24, 2.45) is 5.73 Å². The molecule has 3 rings (SSSR count). The molecule has 0 aliphatic heterocycles.